The van der Waals surface area contributed by atoms with E-state index in [0.717, 1.165) is 0 Å². The van der Waals surface area contributed by atoms with Crippen molar-refractivity contribution >= 4 is 11.6 Å². The van der Waals surface area contributed by atoms with Crippen LogP contribution in [0.4, 0.5) is 4.39 Å². The molecule has 1 aromatic carbocycles. The Morgan fingerprint density at radius 3 is 2.80 bits per heavy atom. The highest BCUT2D eigenvalue weighted by Crippen LogP contribution is 2.20. The van der Waals surface area contributed by atoms with E-state index in [1.54, 1.807) is 6.07 Å². The number of aromatic nitrogens is 2. The minimum Gasteiger partial charge on any atom is -0.307 e. The lowest BCUT2D eigenvalue weighted by atomic mass is 10.2. The van der Waals surface area contributed by atoms with Gasteiger partial charge in [-0.3, -0.25) is 4.79 Å². The SMILES string of the molecule is O=c1ccnc(-c2ccc(Cl)c(F)c2)[nH]1. The number of benzene rings is 1. The molecule has 1 heterocycles. The van der Waals surface area contributed by atoms with E-state index >= 15 is 0 Å². The molecule has 1 aromatic heterocycles. The van der Waals surface area contributed by atoms with Crippen molar-refractivity contribution in [2.24, 2.45) is 0 Å². The van der Waals surface area contributed by atoms with E-state index < -0.39 is 5.82 Å². The van der Waals surface area contributed by atoms with Crippen LogP contribution in [0.3, 0.4) is 0 Å². The molecule has 0 aliphatic heterocycles. The van der Waals surface area contributed by atoms with Gasteiger partial charge in [0.1, 0.15) is 11.6 Å². The summed E-state index contributed by atoms with van der Waals surface area (Å²) in [5.41, 5.74) is 0.199. The number of hydrogen-bond acceptors (Lipinski definition) is 2. The number of hydrogen-bond donors (Lipinski definition) is 1. The average Bonchev–Trinajstić information content (AvgIpc) is 2.22. The molecule has 0 bridgehead atoms. The van der Waals surface area contributed by atoms with Gasteiger partial charge in [0.2, 0.25) is 0 Å². The summed E-state index contributed by atoms with van der Waals surface area (Å²) in [4.78, 5) is 17.4. The van der Waals surface area contributed by atoms with Crippen molar-refractivity contribution < 1.29 is 4.39 Å². The smallest absolute Gasteiger partial charge is 0.251 e. The lowest BCUT2D eigenvalue weighted by Crippen LogP contribution is -2.05. The Balaban J connectivity index is 2.55. The van der Waals surface area contributed by atoms with Crippen molar-refractivity contribution in [1.29, 1.82) is 0 Å². The zero-order valence-corrected chi connectivity index (χ0v) is 8.25. The first kappa shape index (κ1) is 9.86. The fourth-order valence-electron chi connectivity index (χ4n) is 1.16. The van der Waals surface area contributed by atoms with Crippen molar-refractivity contribution in [3.05, 3.63) is 51.7 Å². The summed E-state index contributed by atoms with van der Waals surface area (Å²) in [6.07, 6.45) is 1.36. The number of rotatable bonds is 1. The fourth-order valence-corrected chi connectivity index (χ4v) is 1.28. The third kappa shape index (κ3) is 2.05. The van der Waals surface area contributed by atoms with Crippen LogP contribution in [0, 0.1) is 5.82 Å². The summed E-state index contributed by atoms with van der Waals surface area (Å²) >= 11 is 5.53. The van der Waals surface area contributed by atoms with Gasteiger partial charge < -0.3 is 4.98 Å². The quantitative estimate of drug-likeness (QED) is 0.808. The molecule has 0 atom stereocenters. The highest BCUT2D eigenvalue weighted by Gasteiger charge is 2.04. The predicted octanol–water partition coefficient (Wildman–Crippen LogP) is 2.23. The maximum atomic E-state index is 13.1. The van der Waals surface area contributed by atoms with Gasteiger partial charge in [0.25, 0.3) is 5.56 Å². The van der Waals surface area contributed by atoms with Crippen LogP contribution in [0.1, 0.15) is 0 Å². The fraction of sp³-hybridized carbons (Fsp3) is 0. The summed E-state index contributed by atoms with van der Waals surface area (Å²) in [5.74, 6) is -0.223. The Kier molecular flexibility index (Phi) is 2.51. The molecule has 76 valence electrons. The molecule has 0 radical (unpaired) electrons. The standard InChI is InChI=1S/C10H6ClFN2O/c11-7-2-1-6(5-8(7)12)10-13-4-3-9(15)14-10/h1-5H,(H,13,14,15). The van der Waals surface area contributed by atoms with Gasteiger partial charge in [-0.15, -0.1) is 0 Å². The first-order valence-electron chi connectivity index (χ1n) is 4.17. The summed E-state index contributed by atoms with van der Waals surface area (Å²) in [6.45, 7) is 0. The molecule has 1 N–H and O–H groups in total. The van der Waals surface area contributed by atoms with E-state index in [9.17, 15) is 9.18 Å². The van der Waals surface area contributed by atoms with Gasteiger partial charge >= 0.3 is 0 Å². The van der Waals surface area contributed by atoms with E-state index in [1.807, 2.05) is 0 Å². The molecule has 2 rings (SSSR count). The summed E-state index contributed by atoms with van der Waals surface area (Å²) in [6, 6.07) is 5.51. The number of nitrogens with one attached hydrogen (secondary N) is 1. The Morgan fingerprint density at radius 1 is 1.33 bits per heavy atom. The molecular formula is C10H6ClFN2O. The molecule has 5 heteroatoms. The van der Waals surface area contributed by atoms with Crippen LogP contribution in [0.25, 0.3) is 11.4 Å². The number of halogens is 2. The molecule has 0 aliphatic carbocycles. The van der Waals surface area contributed by atoms with Crippen LogP contribution >= 0.6 is 11.6 Å². The van der Waals surface area contributed by atoms with Gasteiger partial charge in [0.15, 0.2) is 0 Å². The van der Waals surface area contributed by atoms with E-state index in [1.165, 1.54) is 24.4 Å². The third-order valence-corrected chi connectivity index (χ3v) is 2.17. The topological polar surface area (TPSA) is 45.8 Å². The molecule has 0 spiro atoms. The first-order valence-corrected chi connectivity index (χ1v) is 4.55. The second kappa shape index (κ2) is 3.82. The van der Waals surface area contributed by atoms with E-state index in [0.29, 0.717) is 11.4 Å². The zero-order chi connectivity index (χ0) is 10.8. The van der Waals surface area contributed by atoms with Crippen molar-refractivity contribution in [1.82, 2.24) is 9.97 Å². The van der Waals surface area contributed by atoms with Crippen LogP contribution in [-0.4, -0.2) is 9.97 Å². The van der Waals surface area contributed by atoms with Crippen LogP contribution < -0.4 is 5.56 Å². The van der Waals surface area contributed by atoms with Crippen molar-refractivity contribution in [3.63, 3.8) is 0 Å². The molecule has 3 nitrogen and oxygen atoms in total. The van der Waals surface area contributed by atoms with Gasteiger partial charge in [-0.2, -0.15) is 0 Å². The maximum absolute atomic E-state index is 13.1. The molecule has 0 saturated carbocycles. The largest absolute Gasteiger partial charge is 0.307 e. The highest BCUT2D eigenvalue weighted by atomic mass is 35.5. The van der Waals surface area contributed by atoms with Crippen LogP contribution in [0.15, 0.2) is 35.3 Å². The minimum atomic E-state index is -0.541. The second-order valence-corrected chi connectivity index (χ2v) is 3.32. The molecule has 2 aromatic rings. The number of aromatic amines is 1. The minimum absolute atomic E-state index is 0.0389. The van der Waals surface area contributed by atoms with Gasteiger partial charge in [-0.1, -0.05) is 11.6 Å². The Morgan fingerprint density at radius 2 is 2.13 bits per heavy atom. The molecule has 0 unspecified atom stereocenters. The molecule has 15 heavy (non-hydrogen) atoms. The molecule has 0 aliphatic rings. The van der Waals surface area contributed by atoms with Crippen molar-refractivity contribution in [2.75, 3.05) is 0 Å². The predicted molar refractivity (Wildman–Crippen MR) is 55.3 cm³/mol. The average molecular weight is 225 g/mol. The Labute approximate surface area is 89.6 Å². The van der Waals surface area contributed by atoms with Gasteiger partial charge in [0, 0.05) is 17.8 Å². The zero-order valence-electron chi connectivity index (χ0n) is 7.50. The number of nitrogens with zero attached hydrogens (tertiary/aromatic N) is 1. The Hall–Kier alpha value is -1.68. The van der Waals surface area contributed by atoms with Crippen LogP contribution in [0.5, 0.6) is 0 Å². The lowest BCUT2D eigenvalue weighted by molar-refractivity contribution is 0.628. The summed E-state index contributed by atoms with van der Waals surface area (Å²) in [5, 5.41) is 0.0389. The molecule has 0 fully saturated rings. The van der Waals surface area contributed by atoms with E-state index in [4.69, 9.17) is 11.6 Å². The van der Waals surface area contributed by atoms with Gasteiger partial charge in [-0.05, 0) is 18.2 Å². The molecular weight excluding hydrogens is 219 g/mol. The molecule has 0 saturated heterocycles. The monoisotopic (exact) mass is 224 g/mol. The van der Waals surface area contributed by atoms with E-state index in [-0.39, 0.29) is 10.6 Å². The normalized spacial score (nSPS) is 10.3. The first-order chi connectivity index (χ1) is 7.16. The van der Waals surface area contributed by atoms with Gasteiger partial charge in [0.05, 0.1) is 5.02 Å². The third-order valence-electron chi connectivity index (χ3n) is 1.86. The van der Waals surface area contributed by atoms with Gasteiger partial charge in [-0.25, -0.2) is 9.37 Å². The Bertz CT molecular complexity index is 553. The number of H-pyrrole nitrogens is 1. The van der Waals surface area contributed by atoms with Crippen molar-refractivity contribution in [2.45, 2.75) is 0 Å². The highest BCUT2D eigenvalue weighted by molar-refractivity contribution is 6.30. The maximum Gasteiger partial charge on any atom is 0.251 e. The molecule has 0 amide bonds. The summed E-state index contributed by atoms with van der Waals surface area (Å²) < 4.78 is 13.1. The lowest BCUT2D eigenvalue weighted by Gasteiger charge is -2.00. The summed E-state index contributed by atoms with van der Waals surface area (Å²) in [7, 11) is 0. The second-order valence-electron chi connectivity index (χ2n) is 2.91. The van der Waals surface area contributed by atoms with Crippen molar-refractivity contribution in [3.8, 4) is 11.4 Å². The van der Waals surface area contributed by atoms with E-state index in [2.05, 4.69) is 9.97 Å². The van der Waals surface area contributed by atoms with Crippen LogP contribution in [-0.2, 0) is 0 Å². The van der Waals surface area contributed by atoms with Crippen LogP contribution in [0.2, 0.25) is 5.02 Å².